The van der Waals surface area contributed by atoms with Gasteiger partial charge >= 0.3 is 0 Å². The van der Waals surface area contributed by atoms with E-state index in [2.05, 4.69) is 15.9 Å². The van der Waals surface area contributed by atoms with Crippen LogP contribution in [0.2, 0.25) is 0 Å². The van der Waals surface area contributed by atoms with Crippen molar-refractivity contribution in [2.45, 2.75) is 0 Å². The van der Waals surface area contributed by atoms with Crippen molar-refractivity contribution in [3.05, 3.63) is 52.5 Å². The summed E-state index contributed by atoms with van der Waals surface area (Å²) in [5, 5.41) is 0. The maximum absolute atomic E-state index is 13.4. The van der Waals surface area contributed by atoms with Gasteiger partial charge in [0, 0.05) is 16.6 Å². The Morgan fingerprint density at radius 3 is 2.30 bits per heavy atom. The zero-order valence-electron chi connectivity index (χ0n) is 10.4. The number of nitrogen functional groups attached to an aromatic ring is 1. The second-order valence-electron chi connectivity index (χ2n) is 3.95. The fraction of sp³-hybridized carbons (Fsp3) is 0.143. The number of halogens is 3. The van der Waals surface area contributed by atoms with Gasteiger partial charge in [0.1, 0.15) is 24.8 Å². The van der Waals surface area contributed by atoms with Gasteiger partial charge in [0.15, 0.2) is 11.6 Å². The van der Waals surface area contributed by atoms with Crippen LogP contribution in [0.25, 0.3) is 0 Å². The molecule has 2 rings (SSSR count). The van der Waals surface area contributed by atoms with Crippen LogP contribution in [0.3, 0.4) is 0 Å². The van der Waals surface area contributed by atoms with Crippen molar-refractivity contribution in [3.63, 3.8) is 0 Å². The lowest BCUT2D eigenvalue weighted by Crippen LogP contribution is -2.10. The van der Waals surface area contributed by atoms with E-state index in [-0.39, 0.29) is 24.7 Å². The van der Waals surface area contributed by atoms with Gasteiger partial charge in [-0.2, -0.15) is 0 Å². The summed E-state index contributed by atoms with van der Waals surface area (Å²) < 4.78 is 38.0. The van der Waals surface area contributed by atoms with Gasteiger partial charge in [0.2, 0.25) is 0 Å². The third kappa shape index (κ3) is 3.84. The minimum Gasteiger partial charge on any atom is -0.490 e. The molecular weight excluding hydrogens is 332 g/mol. The van der Waals surface area contributed by atoms with Crippen molar-refractivity contribution in [2.75, 3.05) is 18.9 Å². The number of benzene rings is 2. The van der Waals surface area contributed by atoms with E-state index in [0.29, 0.717) is 5.75 Å². The molecule has 0 atom stereocenters. The molecule has 6 heteroatoms. The summed E-state index contributed by atoms with van der Waals surface area (Å²) in [5.74, 6) is -0.931. The first kappa shape index (κ1) is 14.6. The number of hydrogen-bond donors (Lipinski definition) is 1. The summed E-state index contributed by atoms with van der Waals surface area (Å²) in [6.45, 7) is 0.309. The van der Waals surface area contributed by atoms with Crippen molar-refractivity contribution < 1.29 is 18.3 Å². The lowest BCUT2D eigenvalue weighted by molar-refractivity contribution is 0.211. The van der Waals surface area contributed by atoms with Gasteiger partial charge in [-0.05, 0) is 24.3 Å². The molecule has 2 aromatic rings. The molecule has 0 aromatic heterocycles. The summed E-state index contributed by atoms with van der Waals surface area (Å²) >= 11 is 3.31. The van der Waals surface area contributed by atoms with Gasteiger partial charge in [-0.3, -0.25) is 0 Å². The molecular formula is C14H12BrF2NO2. The van der Waals surface area contributed by atoms with Crippen LogP contribution in [-0.2, 0) is 0 Å². The predicted octanol–water partition coefficient (Wildman–Crippen LogP) is 3.77. The van der Waals surface area contributed by atoms with Crippen molar-refractivity contribution in [1.29, 1.82) is 0 Å². The van der Waals surface area contributed by atoms with E-state index in [1.807, 2.05) is 12.1 Å². The fourth-order valence-corrected chi connectivity index (χ4v) is 1.76. The zero-order chi connectivity index (χ0) is 14.5. The van der Waals surface area contributed by atoms with E-state index < -0.39 is 11.6 Å². The highest BCUT2D eigenvalue weighted by Gasteiger charge is 2.08. The number of ether oxygens (including phenoxy) is 2. The Bertz CT molecular complexity index is 590. The molecule has 0 spiro atoms. The van der Waals surface area contributed by atoms with E-state index in [4.69, 9.17) is 15.2 Å². The smallest absolute Gasteiger partial charge is 0.167 e. The van der Waals surface area contributed by atoms with Crippen LogP contribution in [0.4, 0.5) is 14.5 Å². The van der Waals surface area contributed by atoms with Gasteiger partial charge in [-0.25, -0.2) is 8.78 Å². The van der Waals surface area contributed by atoms with Gasteiger partial charge in [0.05, 0.1) is 5.69 Å². The van der Waals surface area contributed by atoms with Crippen LogP contribution < -0.4 is 15.2 Å². The molecule has 3 nitrogen and oxygen atoms in total. The molecule has 0 bridgehead atoms. The highest BCUT2D eigenvalue weighted by atomic mass is 79.9. The first-order valence-corrected chi connectivity index (χ1v) is 6.61. The maximum atomic E-state index is 13.4. The molecule has 0 fully saturated rings. The summed E-state index contributed by atoms with van der Waals surface area (Å²) in [5.41, 5.74) is 4.98. The first-order valence-electron chi connectivity index (χ1n) is 5.82. The van der Waals surface area contributed by atoms with Crippen LogP contribution in [-0.4, -0.2) is 13.2 Å². The quantitative estimate of drug-likeness (QED) is 0.663. The van der Waals surface area contributed by atoms with Crippen LogP contribution in [0.15, 0.2) is 40.9 Å². The number of rotatable bonds is 5. The van der Waals surface area contributed by atoms with Crippen LogP contribution in [0, 0.1) is 11.6 Å². The molecule has 0 saturated heterocycles. The summed E-state index contributed by atoms with van der Waals surface area (Å²) in [6, 6.07) is 9.06. The van der Waals surface area contributed by atoms with E-state index >= 15 is 0 Å². The molecule has 2 aromatic carbocycles. The molecule has 106 valence electrons. The summed E-state index contributed by atoms with van der Waals surface area (Å²) in [4.78, 5) is 0. The molecule has 0 aliphatic rings. The van der Waals surface area contributed by atoms with E-state index in [0.717, 1.165) is 16.6 Å². The highest BCUT2D eigenvalue weighted by molar-refractivity contribution is 9.10. The van der Waals surface area contributed by atoms with Gasteiger partial charge in [0.25, 0.3) is 0 Å². The molecule has 0 heterocycles. The molecule has 0 unspecified atom stereocenters. The lowest BCUT2D eigenvalue weighted by Gasteiger charge is -2.10. The molecule has 20 heavy (non-hydrogen) atoms. The van der Waals surface area contributed by atoms with Gasteiger partial charge < -0.3 is 15.2 Å². The highest BCUT2D eigenvalue weighted by Crippen LogP contribution is 2.23. The second kappa shape index (κ2) is 6.56. The van der Waals surface area contributed by atoms with Gasteiger partial charge in [-0.15, -0.1) is 0 Å². The Kier molecular flexibility index (Phi) is 4.79. The molecule has 0 aliphatic heterocycles. The molecule has 0 amide bonds. The molecule has 2 N–H and O–H groups in total. The van der Waals surface area contributed by atoms with E-state index in [1.165, 1.54) is 0 Å². The standard InChI is InChI=1S/C14H12BrF2NO2/c15-9-1-3-10(4-2-9)19-5-6-20-14-8-11(16)13(18)7-12(14)17/h1-4,7-8H,5-6,18H2. The fourth-order valence-electron chi connectivity index (χ4n) is 1.50. The van der Waals surface area contributed by atoms with E-state index in [9.17, 15) is 8.78 Å². The van der Waals surface area contributed by atoms with Crippen molar-refractivity contribution in [2.24, 2.45) is 0 Å². The Hall–Kier alpha value is -1.82. The monoisotopic (exact) mass is 343 g/mol. The third-order valence-corrected chi connectivity index (χ3v) is 3.00. The molecule has 0 saturated carbocycles. The van der Waals surface area contributed by atoms with Crippen LogP contribution in [0.1, 0.15) is 0 Å². The van der Waals surface area contributed by atoms with E-state index in [1.54, 1.807) is 12.1 Å². The second-order valence-corrected chi connectivity index (χ2v) is 4.87. The topological polar surface area (TPSA) is 44.5 Å². The lowest BCUT2D eigenvalue weighted by atomic mass is 10.3. The largest absolute Gasteiger partial charge is 0.490 e. The average Bonchev–Trinajstić information content (AvgIpc) is 2.42. The summed E-state index contributed by atoms with van der Waals surface area (Å²) in [7, 11) is 0. The minimum atomic E-state index is -0.713. The molecule has 0 radical (unpaired) electrons. The Labute approximate surface area is 123 Å². The third-order valence-electron chi connectivity index (χ3n) is 2.47. The molecule has 0 aliphatic carbocycles. The normalized spacial score (nSPS) is 10.3. The predicted molar refractivity (Wildman–Crippen MR) is 75.9 cm³/mol. The van der Waals surface area contributed by atoms with Crippen LogP contribution >= 0.6 is 15.9 Å². The zero-order valence-corrected chi connectivity index (χ0v) is 12.0. The average molecular weight is 344 g/mol. The number of hydrogen-bond acceptors (Lipinski definition) is 3. The number of nitrogens with two attached hydrogens (primary N) is 1. The summed E-state index contributed by atoms with van der Waals surface area (Å²) in [6.07, 6.45) is 0. The maximum Gasteiger partial charge on any atom is 0.167 e. The number of anilines is 1. The van der Waals surface area contributed by atoms with Crippen LogP contribution in [0.5, 0.6) is 11.5 Å². The minimum absolute atomic E-state index is 0.0936. The Morgan fingerprint density at radius 2 is 1.60 bits per heavy atom. The van der Waals surface area contributed by atoms with Crippen molar-refractivity contribution >= 4 is 21.6 Å². The SMILES string of the molecule is Nc1cc(F)c(OCCOc2ccc(Br)cc2)cc1F. The Balaban J connectivity index is 1.84. The first-order chi connectivity index (χ1) is 9.56. The van der Waals surface area contributed by atoms with Crippen molar-refractivity contribution in [1.82, 2.24) is 0 Å². The Morgan fingerprint density at radius 1 is 0.950 bits per heavy atom. The van der Waals surface area contributed by atoms with Crippen molar-refractivity contribution in [3.8, 4) is 11.5 Å². The van der Waals surface area contributed by atoms with Gasteiger partial charge in [-0.1, -0.05) is 15.9 Å².